The van der Waals surface area contributed by atoms with Gasteiger partial charge in [0, 0.05) is 19.1 Å². The number of rotatable bonds is 20. The Bertz CT molecular complexity index is 396. The first-order chi connectivity index (χ1) is 15.2. The topological polar surface area (TPSA) is 44.4 Å². The third kappa shape index (κ3) is 17.5. The van der Waals surface area contributed by atoms with Crippen LogP contribution in [0.4, 0.5) is 4.79 Å². The minimum absolute atomic E-state index is 0.00446. The molecule has 2 N–H and O–H groups in total. The molecule has 184 valence electrons. The van der Waals surface area contributed by atoms with E-state index in [0.717, 1.165) is 19.5 Å². The summed E-state index contributed by atoms with van der Waals surface area (Å²) in [5.74, 6) is 0. The summed E-state index contributed by atoms with van der Waals surface area (Å²) >= 11 is 0. The Labute approximate surface area is 194 Å². The van der Waals surface area contributed by atoms with Crippen molar-refractivity contribution in [3.63, 3.8) is 0 Å². The number of hydrogen-bond donors (Lipinski definition) is 2. The smallest absolute Gasteiger partial charge is 0.314 e. The maximum atomic E-state index is 11.9. The molecule has 1 fully saturated rings. The molecule has 1 rings (SSSR count). The zero-order valence-corrected chi connectivity index (χ0v) is 21.2. The van der Waals surface area contributed by atoms with Gasteiger partial charge < -0.3 is 10.6 Å². The molecular weight excluding hydrogens is 382 g/mol. The minimum Gasteiger partial charge on any atom is -0.338 e. The van der Waals surface area contributed by atoms with Crippen molar-refractivity contribution in [1.82, 2.24) is 15.5 Å². The Kier molecular flexibility index (Phi) is 19.2. The molecule has 4 nitrogen and oxygen atoms in total. The summed E-state index contributed by atoms with van der Waals surface area (Å²) in [6.45, 7) is 8.44. The summed E-state index contributed by atoms with van der Waals surface area (Å²) < 4.78 is 0. The van der Waals surface area contributed by atoms with Crippen molar-refractivity contribution in [2.75, 3.05) is 26.2 Å². The molecule has 0 aromatic rings. The molecule has 1 heterocycles. The Hall–Kier alpha value is -0.770. The number of amides is 2. The average Bonchev–Trinajstić information content (AvgIpc) is 2.80. The lowest BCUT2D eigenvalue weighted by molar-refractivity contribution is 0.170. The first-order valence-electron chi connectivity index (χ1n) is 14.0. The van der Waals surface area contributed by atoms with Crippen LogP contribution in [-0.2, 0) is 0 Å². The second-order valence-electron chi connectivity index (χ2n) is 9.89. The molecule has 0 aromatic carbocycles. The largest absolute Gasteiger partial charge is 0.338 e. The molecule has 0 spiro atoms. The number of carbonyl (C=O) groups excluding carboxylic acids is 1. The molecule has 1 aliphatic rings. The van der Waals surface area contributed by atoms with Crippen LogP contribution in [0.5, 0.6) is 0 Å². The highest BCUT2D eigenvalue weighted by atomic mass is 16.2. The van der Waals surface area contributed by atoms with Gasteiger partial charge in [-0.3, -0.25) is 4.90 Å². The lowest BCUT2D eigenvalue weighted by Crippen LogP contribution is -2.46. The Morgan fingerprint density at radius 1 is 0.677 bits per heavy atom. The van der Waals surface area contributed by atoms with Crippen LogP contribution in [0.15, 0.2) is 0 Å². The fraction of sp³-hybridized carbons (Fsp3) is 0.963. The fourth-order valence-corrected chi connectivity index (χ4v) is 4.67. The highest BCUT2D eigenvalue weighted by Gasteiger charge is 2.16. The first-order valence-corrected chi connectivity index (χ1v) is 14.0. The van der Waals surface area contributed by atoms with Crippen molar-refractivity contribution in [2.45, 2.75) is 142 Å². The molecule has 1 unspecified atom stereocenters. The standard InChI is InChI=1S/C27H55N3O/c1-3-4-5-6-7-8-9-10-11-12-13-14-15-16-17-19-22-28-27(31)29-25-26(2)30-23-20-18-21-24-30/h26H,3-25H2,1-2H3,(H2,28,29,31). The second-order valence-corrected chi connectivity index (χ2v) is 9.89. The van der Waals surface area contributed by atoms with Gasteiger partial charge in [0.25, 0.3) is 0 Å². The van der Waals surface area contributed by atoms with Crippen LogP contribution < -0.4 is 10.6 Å². The predicted octanol–water partition coefficient (Wildman–Crippen LogP) is 7.42. The number of nitrogens with one attached hydrogen (secondary N) is 2. The van der Waals surface area contributed by atoms with Gasteiger partial charge in [-0.25, -0.2) is 4.79 Å². The normalized spacial score (nSPS) is 15.7. The van der Waals surface area contributed by atoms with Gasteiger partial charge in [0.15, 0.2) is 0 Å². The monoisotopic (exact) mass is 437 g/mol. The summed E-state index contributed by atoms with van der Waals surface area (Å²) in [5, 5.41) is 6.06. The number of urea groups is 1. The van der Waals surface area contributed by atoms with E-state index in [0.29, 0.717) is 6.04 Å². The summed E-state index contributed by atoms with van der Waals surface area (Å²) in [6.07, 6.45) is 26.1. The van der Waals surface area contributed by atoms with Gasteiger partial charge in [0.2, 0.25) is 0 Å². The van der Waals surface area contributed by atoms with Crippen LogP contribution >= 0.6 is 0 Å². The van der Waals surface area contributed by atoms with Crippen molar-refractivity contribution >= 4 is 6.03 Å². The molecule has 1 atom stereocenters. The van der Waals surface area contributed by atoms with Gasteiger partial charge in [-0.1, -0.05) is 110 Å². The molecule has 1 aliphatic heterocycles. The predicted molar refractivity (Wildman–Crippen MR) is 136 cm³/mol. The molecule has 31 heavy (non-hydrogen) atoms. The zero-order valence-electron chi connectivity index (χ0n) is 21.2. The molecule has 0 saturated carbocycles. The van der Waals surface area contributed by atoms with Crippen molar-refractivity contribution in [3.05, 3.63) is 0 Å². The molecule has 4 heteroatoms. The van der Waals surface area contributed by atoms with Gasteiger partial charge in [-0.2, -0.15) is 0 Å². The third-order valence-corrected chi connectivity index (χ3v) is 6.89. The molecule has 2 amide bonds. The van der Waals surface area contributed by atoms with Gasteiger partial charge in [-0.05, 0) is 39.3 Å². The van der Waals surface area contributed by atoms with Gasteiger partial charge in [0.05, 0.1) is 0 Å². The van der Waals surface area contributed by atoms with E-state index in [1.165, 1.54) is 129 Å². The molecule has 1 saturated heterocycles. The van der Waals surface area contributed by atoms with E-state index in [2.05, 4.69) is 29.4 Å². The molecule has 0 aromatic heterocycles. The quantitative estimate of drug-likeness (QED) is 0.195. The Morgan fingerprint density at radius 2 is 1.13 bits per heavy atom. The van der Waals surface area contributed by atoms with Gasteiger partial charge in [-0.15, -0.1) is 0 Å². The number of nitrogens with zero attached hydrogens (tertiary/aromatic N) is 1. The highest BCUT2D eigenvalue weighted by Crippen LogP contribution is 2.14. The number of hydrogen-bond acceptors (Lipinski definition) is 2. The highest BCUT2D eigenvalue weighted by molar-refractivity contribution is 5.73. The second kappa shape index (κ2) is 21.1. The first kappa shape index (κ1) is 28.3. The number of carbonyl (C=O) groups is 1. The third-order valence-electron chi connectivity index (χ3n) is 6.89. The molecule has 0 aliphatic carbocycles. The lowest BCUT2D eigenvalue weighted by atomic mass is 10.0. The maximum absolute atomic E-state index is 11.9. The van der Waals surface area contributed by atoms with E-state index in [4.69, 9.17) is 0 Å². The maximum Gasteiger partial charge on any atom is 0.314 e. The van der Waals surface area contributed by atoms with Crippen LogP contribution in [0.1, 0.15) is 136 Å². The van der Waals surface area contributed by atoms with E-state index in [-0.39, 0.29) is 6.03 Å². The summed E-state index contributed by atoms with van der Waals surface area (Å²) in [4.78, 5) is 14.4. The van der Waals surface area contributed by atoms with E-state index in [1.807, 2.05) is 0 Å². The van der Waals surface area contributed by atoms with Crippen LogP contribution in [0.25, 0.3) is 0 Å². The van der Waals surface area contributed by atoms with E-state index in [9.17, 15) is 4.79 Å². The Morgan fingerprint density at radius 3 is 1.61 bits per heavy atom. The van der Waals surface area contributed by atoms with Crippen molar-refractivity contribution in [1.29, 1.82) is 0 Å². The van der Waals surface area contributed by atoms with Crippen molar-refractivity contribution in [2.24, 2.45) is 0 Å². The number of likely N-dealkylation sites (tertiary alicyclic amines) is 1. The van der Waals surface area contributed by atoms with Crippen LogP contribution in [0, 0.1) is 0 Å². The van der Waals surface area contributed by atoms with Crippen LogP contribution in [0.3, 0.4) is 0 Å². The molecular formula is C27H55N3O. The summed E-state index contributed by atoms with van der Waals surface area (Å²) in [6, 6.07) is 0.450. The molecule has 0 radical (unpaired) electrons. The number of unbranched alkanes of at least 4 members (excludes halogenated alkanes) is 15. The van der Waals surface area contributed by atoms with E-state index >= 15 is 0 Å². The van der Waals surface area contributed by atoms with Gasteiger partial charge in [0.1, 0.15) is 0 Å². The number of piperidine rings is 1. The van der Waals surface area contributed by atoms with Gasteiger partial charge >= 0.3 is 6.03 Å². The minimum atomic E-state index is 0.00446. The SMILES string of the molecule is CCCCCCCCCCCCCCCCCCNC(=O)NCC(C)N1CCCCC1. The van der Waals surface area contributed by atoms with Crippen LogP contribution in [0.2, 0.25) is 0 Å². The van der Waals surface area contributed by atoms with E-state index in [1.54, 1.807) is 0 Å². The average molecular weight is 438 g/mol. The zero-order chi connectivity index (χ0) is 22.4. The summed E-state index contributed by atoms with van der Waals surface area (Å²) in [7, 11) is 0. The van der Waals surface area contributed by atoms with Crippen molar-refractivity contribution < 1.29 is 4.79 Å². The van der Waals surface area contributed by atoms with Crippen LogP contribution in [-0.4, -0.2) is 43.2 Å². The van der Waals surface area contributed by atoms with E-state index < -0.39 is 0 Å². The molecule has 0 bridgehead atoms. The Balaban J connectivity index is 1.75. The lowest BCUT2D eigenvalue weighted by Gasteiger charge is -2.32. The summed E-state index contributed by atoms with van der Waals surface area (Å²) in [5.41, 5.74) is 0. The fourth-order valence-electron chi connectivity index (χ4n) is 4.67. The van der Waals surface area contributed by atoms with Crippen molar-refractivity contribution in [3.8, 4) is 0 Å².